The molecular weight excluding hydrogens is 286 g/mol. The van der Waals surface area contributed by atoms with Gasteiger partial charge in [0.25, 0.3) is 0 Å². The van der Waals surface area contributed by atoms with E-state index in [1.165, 1.54) is 4.90 Å². The van der Waals surface area contributed by atoms with Gasteiger partial charge in [-0.3, -0.25) is 4.79 Å². The van der Waals surface area contributed by atoms with E-state index in [-0.39, 0.29) is 18.9 Å². The van der Waals surface area contributed by atoms with Crippen LogP contribution in [-0.2, 0) is 23.9 Å². The van der Waals surface area contributed by atoms with Crippen LogP contribution >= 0.6 is 0 Å². The summed E-state index contributed by atoms with van der Waals surface area (Å²) in [5.41, 5.74) is 0.650. The molecule has 0 saturated carbocycles. The highest BCUT2D eigenvalue weighted by atomic mass is 16.5. The van der Waals surface area contributed by atoms with Gasteiger partial charge in [0.05, 0.1) is 13.2 Å². The number of amides is 1. The Bertz CT molecular complexity index is 455. The van der Waals surface area contributed by atoms with Gasteiger partial charge in [0.2, 0.25) is 5.91 Å². The summed E-state index contributed by atoms with van der Waals surface area (Å²) < 4.78 is 10.0. The van der Waals surface area contributed by atoms with Crippen molar-refractivity contribution in [1.82, 2.24) is 4.90 Å². The topological polar surface area (TPSA) is 72.9 Å². The van der Waals surface area contributed by atoms with Gasteiger partial charge in [0.15, 0.2) is 0 Å². The standard InChI is InChI=1S/C16H25NO5/c1-11(2)15(19)21-9-7-8-14(18)17(6)10-13(5)22-16(20)12(3)4/h13H,1,3,7-10H2,2,4-6H3. The molecule has 0 fully saturated rings. The minimum Gasteiger partial charge on any atom is -0.462 e. The molecule has 0 bridgehead atoms. The van der Waals surface area contributed by atoms with E-state index in [0.717, 1.165) is 0 Å². The third kappa shape index (κ3) is 8.24. The monoisotopic (exact) mass is 311 g/mol. The number of carbonyl (C=O) groups is 3. The number of hydrogen-bond acceptors (Lipinski definition) is 5. The second-order valence-electron chi connectivity index (χ2n) is 5.29. The lowest BCUT2D eigenvalue weighted by molar-refractivity contribution is -0.146. The first-order valence-electron chi connectivity index (χ1n) is 7.08. The Hall–Kier alpha value is -2.11. The van der Waals surface area contributed by atoms with Crippen LogP contribution in [0.2, 0.25) is 0 Å². The zero-order chi connectivity index (χ0) is 17.3. The van der Waals surface area contributed by atoms with Crippen LogP contribution in [0.25, 0.3) is 0 Å². The number of likely N-dealkylation sites (N-methyl/N-ethyl adjacent to an activating group) is 1. The maximum absolute atomic E-state index is 11.9. The highest BCUT2D eigenvalue weighted by Gasteiger charge is 2.16. The Labute approximate surface area is 131 Å². The van der Waals surface area contributed by atoms with Crippen molar-refractivity contribution in [2.75, 3.05) is 20.2 Å². The summed E-state index contributed by atoms with van der Waals surface area (Å²) in [6.07, 6.45) is 0.267. The Morgan fingerprint density at radius 3 is 2.14 bits per heavy atom. The molecule has 0 N–H and O–H groups in total. The number of esters is 2. The van der Waals surface area contributed by atoms with Crippen LogP contribution in [0.1, 0.15) is 33.6 Å². The molecule has 1 unspecified atom stereocenters. The van der Waals surface area contributed by atoms with E-state index in [0.29, 0.717) is 24.1 Å². The molecule has 1 atom stereocenters. The molecule has 1 amide bonds. The predicted molar refractivity (Wildman–Crippen MR) is 83.0 cm³/mol. The number of hydrogen-bond donors (Lipinski definition) is 0. The van der Waals surface area contributed by atoms with Crippen molar-refractivity contribution in [3.8, 4) is 0 Å². The molecule has 22 heavy (non-hydrogen) atoms. The number of rotatable bonds is 9. The molecule has 0 aromatic carbocycles. The molecule has 6 nitrogen and oxygen atoms in total. The molecule has 124 valence electrons. The highest BCUT2D eigenvalue weighted by molar-refractivity contribution is 5.87. The second kappa shape index (κ2) is 9.76. The zero-order valence-electron chi connectivity index (χ0n) is 13.8. The summed E-state index contributed by atoms with van der Waals surface area (Å²) in [7, 11) is 1.63. The first-order chi connectivity index (χ1) is 10.1. The van der Waals surface area contributed by atoms with Gasteiger partial charge in [-0.05, 0) is 27.2 Å². The lowest BCUT2D eigenvalue weighted by Crippen LogP contribution is -2.35. The third-order valence-corrected chi connectivity index (χ3v) is 2.73. The molecular formula is C16H25NO5. The number of carbonyl (C=O) groups excluding carboxylic acids is 3. The molecule has 0 rings (SSSR count). The summed E-state index contributed by atoms with van der Waals surface area (Å²) in [5.74, 6) is -1.04. The zero-order valence-corrected chi connectivity index (χ0v) is 13.8. The smallest absolute Gasteiger partial charge is 0.333 e. The average Bonchev–Trinajstić information content (AvgIpc) is 2.42. The van der Waals surface area contributed by atoms with Crippen LogP contribution in [0.3, 0.4) is 0 Å². The van der Waals surface area contributed by atoms with Gasteiger partial charge in [0.1, 0.15) is 6.10 Å². The quantitative estimate of drug-likeness (QED) is 0.369. The summed E-state index contributed by atoms with van der Waals surface area (Å²) in [6.45, 7) is 12.3. The van der Waals surface area contributed by atoms with Crippen molar-refractivity contribution in [1.29, 1.82) is 0 Å². The highest BCUT2D eigenvalue weighted by Crippen LogP contribution is 2.03. The lowest BCUT2D eigenvalue weighted by atomic mass is 10.2. The largest absolute Gasteiger partial charge is 0.462 e. The molecule has 0 aromatic heterocycles. The van der Waals surface area contributed by atoms with Gasteiger partial charge in [-0.25, -0.2) is 9.59 Å². The average molecular weight is 311 g/mol. The van der Waals surface area contributed by atoms with Gasteiger partial charge in [-0.15, -0.1) is 0 Å². The summed E-state index contributed by atoms with van der Waals surface area (Å²) >= 11 is 0. The van der Waals surface area contributed by atoms with Crippen molar-refractivity contribution in [3.05, 3.63) is 24.3 Å². The van der Waals surface area contributed by atoms with E-state index >= 15 is 0 Å². The fourth-order valence-electron chi connectivity index (χ4n) is 1.51. The third-order valence-electron chi connectivity index (χ3n) is 2.73. The van der Waals surface area contributed by atoms with E-state index in [9.17, 15) is 14.4 Å². The van der Waals surface area contributed by atoms with Crippen LogP contribution in [0, 0.1) is 0 Å². The summed E-state index contributed by atoms with van der Waals surface area (Å²) in [6, 6.07) is 0. The number of nitrogens with zero attached hydrogens (tertiary/aromatic N) is 1. The Balaban J connectivity index is 4.01. The molecule has 0 radical (unpaired) electrons. The fourth-order valence-corrected chi connectivity index (χ4v) is 1.51. The minimum absolute atomic E-state index is 0.107. The molecule has 6 heteroatoms. The van der Waals surface area contributed by atoms with Crippen LogP contribution < -0.4 is 0 Å². The van der Waals surface area contributed by atoms with Crippen molar-refractivity contribution < 1.29 is 23.9 Å². The van der Waals surface area contributed by atoms with E-state index in [1.807, 2.05) is 0 Å². The predicted octanol–water partition coefficient (Wildman–Crippen LogP) is 1.85. The van der Waals surface area contributed by atoms with E-state index in [1.54, 1.807) is 27.8 Å². The molecule has 0 heterocycles. The van der Waals surface area contributed by atoms with Gasteiger partial charge in [0, 0.05) is 24.6 Å². The summed E-state index contributed by atoms with van der Waals surface area (Å²) in [5, 5.41) is 0. The van der Waals surface area contributed by atoms with Crippen molar-refractivity contribution >= 4 is 17.8 Å². The summed E-state index contributed by atoms with van der Waals surface area (Å²) in [4.78, 5) is 35.9. The minimum atomic E-state index is -0.472. The molecule has 0 aromatic rings. The Morgan fingerprint density at radius 2 is 1.64 bits per heavy atom. The van der Waals surface area contributed by atoms with Crippen molar-refractivity contribution in [2.24, 2.45) is 0 Å². The van der Waals surface area contributed by atoms with Crippen molar-refractivity contribution in [3.63, 3.8) is 0 Å². The maximum Gasteiger partial charge on any atom is 0.333 e. The maximum atomic E-state index is 11.9. The SMILES string of the molecule is C=C(C)C(=O)OCCCC(=O)N(C)CC(C)OC(=O)C(=C)C. The Morgan fingerprint density at radius 1 is 1.09 bits per heavy atom. The molecule has 0 aliphatic rings. The van der Waals surface area contributed by atoms with Gasteiger partial charge >= 0.3 is 11.9 Å². The van der Waals surface area contributed by atoms with Crippen LogP contribution in [-0.4, -0.2) is 49.0 Å². The first-order valence-corrected chi connectivity index (χ1v) is 7.08. The van der Waals surface area contributed by atoms with Gasteiger partial charge in [-0.1, -0.05) is 13.2 Å². The van der Waals surface area contributed by atoms with Crippen LogP contribution in [0.4, 0.5) is 0 Å². The first kappa shape index (κ1) is 19.9. The van der Waals surface area contributed by atoms with E-state index in [4.69, 9.17) is 9.47 Å². The van der Waals surface area contributed by atoms with E-state index in [2.05, 4.69) is 13.2 Å². The fraction of sp³-hybridized carbons (Fsp3) is 0.562. The van der Waals surface area contributed by atoms with Crippen LogP contribution in [0.15, 0.2) is 24.3 Å². The van der Waals surface area contributed by atoms with E-state index < -0.39 is 18.0 Å². The lowest BCUT2D eigenvalue weighted by Gasteiger charge is -2.22. The molecule has 0 spiro atoms. The number of ether oxygens (including phenoxy) is 2. The van der Waals surface area contributed by atoms with Crippen molar-refractivity contribution in [2.45, 2.75) is 39.7 Å². The normalized spacial score (nSPS) is 11.3. The second-order valence-corrected chi connectivity index (χ2v) is 5.29. The molecule has 0 saturated heterocycles. The molecule has 0 aliphatic carbocycles. The Kier molecular flexibility index (Phi) is 8.82. The van der Waals surface area contributed by atoms with Crippen LogP contribution in [0.5, 0.6) is 0 Å². The molecule has 0 aliphatic heterocycles. The van der Waals surface area contributed by atoms with Gasteiger partial charge < -0.3 is 14.4 Å². The van der Waals surface area contributed by atoms with Gasteiger partial charge in [-0.2, -0.15) is 0 Å².